The van der Waals surface area contributed by atoms with E-state index in [0.29, 0.717) is 12.5 Å². The highest BCUT2D eigenvalue weighted by molar-refractivity contribution is 5.30. The van der Waals surface area contributed by atoms with Crippen LogP contribution in [0.1, 0.15) is 64.5 Å². The van der Waals surface area contributed by atoms with E-state index in [-0.39, 0.29) is 11.7 Å². The molecule has 0 N–H and O–H groups in total. The average Bonchev–Trinajstić information content (AvgIpc) is 2.60. The van der Waals surface area contributed by atoms with E-state index in [4.69, 9.17) is 9.47 Å². The Morgan fingerprint density at radius 2 is 1.58 bits per heavy atom. The third kappa shape index (κ3) is 6.49. The molecule has 142 valence electrons. The SMILES string of the molecule is CCCC(c1ccc(OC(C)OCCc2ccccc2)cc1)C(C)(C)C. The van der Waals surface area contributed by atoms with E-state index < -0.39 is 0 Å². The summed E-state index contributed by atoms with van der Waals surface area (Å²) in [5, 5.41) is 0. The fraction of sp³-hybridized carbons (Fsp3) is 0.500. The van der Waals surface area contributed by atoms with Crippen LogP contribution in [0.15, 0.2) is 54.6 Å². The molecule has 0 aliphatic rings. The Kier molecular flexibility index (Phi) is 7.71. The van der Waals surface area contributed by atoms with Crippen LogP contribution < -0.4 is 4.74 Å². The largest absolute Gasteiger partial charge is 0.465 e. The van der Waals surface area contributed by atoms with Crippen molar-refractivity contribution < 1.29 is 9.47 Å². The van der Waals surface area contributed by atoms with Crippen LogP contribution in [0, 0.1) is 5.41 Å². The average molecular weight is 355 g/mol. The maximum Gasteiger partial charge on any atom is 0.196 e. The van der Waals surface area contributed by atoms with Crippen LogP contribution in [0.25, 0.3) is 0 Å². The quantitative estimate of drug-likeness (QED) is 0.472. The van der Waals surface area contributed by atoms with Crippen LogP contribution in [-0.4, -0.2) is 12.9 Å². The van der Waals surface area contributed by atoms with E-state index in [1.807, 2.05) is 13.0 Å². The lowest BCUT2D eigenvalue weighted by atomic mass is 9.74. The molecule has 0 heterocycles. The minimum Gasteiger partial charge on any atom is -0.465 e. The van der Waals surface area contributed by atoms with Crippen LogP contribution in [0.2, 0.25) is 0 Å². The normalized spacial score (nSPS) is 14.0. The molecule has 0 saturated heterocycles. The topological polar surface area (TPSA) is 18.5 Å². The summed E-state index contributed by atoms with van der Waals surface area (Å²) in [6.45, 7) is 11.8. The molecule has 26 heavy (non-hydrogen) atoms. The summed E-state index contributed by atoms with van der Waals surface area (Å²) in [6.07, 6.45) is 3.06. The predicted molar refractivity (Wildman–Crippen MR) is 110 cm³/mol. The Morgan fingerprint density at radius 3 is 2.15 bits per heavy atom. The predicted octanol–water partition coefficient (Wildman–Crippen LogP) is 6.60. The summed E-state index contributed by atoms with van der Waals surface area (Å²) < 4.78 is 11.7. The third-order valence-electron chi connectivity index (χ3n) is 4.79. The summed E-state index contributed by atoms with van der Waals surface area (Å²) in [5.74, 6) is 1.44. The minimum absolute atomic E-state index is 0.251. The number of ether oxygens (including phenoxy) is 2. The molecule has 0 amide bonds. The van der Waals surface area contributed by atoms with Gasteiger partial charge in [-0.3, -0.25) is 0 Å². The van der Waals surface area contributed by atoms with E-state index in [9.17, 15) is 0 Å². The van der Waals surface area contributed by atoms with Gasteiger partial charge < -0.3 is 9.47 Å². The highest BCUT2D eigenvalue weighted by atomic mass is 16.7. The van der Waals surface area contributed by atoms with Crippen molar-refractivity contribution in [1.29, 1.82) is 0 Å². The number of benzene rings is 2. The number of rotatable bonds is 9. The molecule has 0 spiro atoms. The lowest BCUT2D eigenvalue weighted by Crippen LogP contribution is -2.19. The van der Waals surface area contributed by atoms with E-state index >= 15 is 0 Å². The van der Waals surface area contributed by atoms with Gasteiger partial charge in [0.1, 0.15) is 5.75 Å². The van der Waals surface area contributed by atoms with Gasteiger partial charge in [0.25, 0.3) is 0 Å². The van der Waals surface area contributed by atoms with Crippen molar-refractivity contribution in [3.05, 3.63) is 65.7 Å². The molecule has 2 rings (SSSR count). The second-order valence-corrected chi connectivity index (χ2v) is 8.07. The van der Waals surface area contributed by atoms with Crippen molar-refractivity contribution in [1.82, 2.24) is 0 Å². The van der Waals surface area contributed by atoms with E-state index in [0.717, 1.165) is 12.2 Å². The van der Waals surface area contributed by atoms with E-state index in [1.54, 1.807) is 0 Å². The molecule has 2 aromatic carbocycles. The maximum atomic E-state index is 5.91. The Hall–Kier alpha value is -1.80. The second-order valence-electron chi connectivity index (χ2n) is 8.07. The zero-order valence-electron chi connectivity index (χ0n) is 17.0. The van der Waals surface area contributed by atoms with Gasteiger partial charge in [-0.25, -0.2) is 0 Å². The van der Waals surface area contributed by atoms with Crippen molar-refractivity contribution in [3.8, 4) is 5.75 Å². The standard InChI is InChI=1S/C24H34O2/c1-6-10-23(24(3,4)5)21-13-15-22(16-14-21)26-19(2)25-18-17-20-11-8-7-9-12-20/h7-9,11-16,19,23H,6,10,17-18H2,1-5H3. The van der Waals surface area contributed by atoms with Gasteiger partial charge in [-0.1, -0.05) is 76.6 Å². The smallest absolute Gasteiger partial charge is 0.196 e. The van der Waals surface area contributed by atoms with Gasteiger partial charge in [-0.15, -0.1) is 0 Å². The lowest BCUT2D eigenvalue weighted by molar-refractivity contribution is -0.0654. The van der Waals surface area contributed by atoms with Crippen LogP contribution in [0.4, 0.5) is 0 Å². The monoisotopic (exact) mass is 354 g/mol. The van der Waals surface area contributed by atoms with Gasteiger partial charge in [0.15, 0.2) is 6.29 Å². The molecule has 0 bridgehead atoms. The van der Waals surface area contributed by atoms with Crippen LogP contribution in [0.3, 0.4) is 0 Å². The van der Waals surface area contributed by atoms with Gasteiger partial charge in [-0.2, -0.15) is 0 Å². The fourth-order valence-corrected chi connectivity index (χ4v) is 3.38. The molecule has 2 aromatic rings. The first kappa shape index (κ1) is 20.5. The Morgan fingerprint density at radius 1 is 0.923 bits per heavy atom. The molecule has 0 aliphatic heterocycles. The Labute approximate surface area is 159 Å². The fourth-order valence-electron chi connectivity index (χ4n) is 3.38. The molecule has 0 saturated carbocycles. The molecular formula is C24H34O2. The van der Waals surface area contributed by atoms with Crippen molar-refractivity contribution in [2.45, 2.75) is 66.1 Å². The summed E-state index contributed by atoms with van der Waals surface area (Å²) in [7, 11) is 0. The highest BCUT2D eigenvalue weighted by Crippen LogP contribution is 2.39. The van der Waals surface area contributed by atoms with Crippen LogP contribution in [0.5, 0.6) is 5.75 Å². The van der Waals surface area contributed by atoms with Gasteiger partial charge in [0, 0.05) is 0 Å². The van der Waals surface area contributed by atoms with Gasteiger partial charge >= 0.3 is 0 Å². The van der Waals surface area contributed by atoms with E-state index in [1.165, 1.54) is 24.0 Å². The summed E-state index contributed by atoms with van der Waals surface area (Å²) in [5.41, 5.74) is 2.95. The van der Waals surface area contributed by atoms with E-state index in [2.05, 4.69) is 76.2 Å². The first-order valence-corrected chi connectivity index (χ1v) is 9.82. The zero-order chi connectivity index (χ0) is 19.0. The van der Waals surface area contributed by atoms with Crippen molar-refractivity contribution in [3.63, 3.8) is 0 Å². The van der Waals surface area contributed by atoms with Gasteiger partial charge in [-0.05, 0) is 54.4 Å². The molecule has 0 aliphatic carbocycles. The number of hydrogen-bond donors (Lipinski definition) is 0. The van der Waals surface area contributed by atoms with Crippen molar-refractivity contribution in [2.75, 3.05) is 6.61 Å². The first-order valence-electron chi connectivity index (χ1n) is 9.82. The Bertz CT molecular complexity index is 626. The molecule has 2 nitrogen and oxygen atoms in total. The van der Waals surface area contributed by atoms with Crippen molar-refractivity contribution in [2.24, 2.45) is 5.41 Å². The molecule has 2 atom stereocenters. The molecule has 0 aromatic heterocycles. The van der Waals surface area contributed by atoms with Crippen molar-refractivity contribution >= 4 is 0 Å². The molecule has 0 radical (unpaired) electrons. The molecule has 2 unspecified atom stereocenters. The highest BCUT2D eigenvalue weighted by Gasteiger charge is 2.25. The molecule has 2 heteroatoms. The first-order chi connectivity index (χ1) is 12.4. The summed E-state index contributed by atoms with van der Waals surface area (Å²) >= 11 is 0. The maximum absolute atomic E-state index is 5.91. The summed E-state index contributed by atoms with van der Waals surface area (Å²) in [6, 6.07) is 18.9. The third-order valence-corrected chi connectivity index (χ3v) is 4.79. The summed E-state index contributed by atoms with van der Waals surface area (Å²) in [4.78, 5) is 0. The van der Waals surface area contributed by atoms with Crippen LogP contribution >= 0.6 is 0 Å². The minimum atomic E-state index is -0.251. The van der Waals surface area contributed by atoms with Gasteiger partial charge in [0.2, 0.25) is 0 Å². The molecular weight excluding hydrogens is 320 g/mol. The number of hydrogen-bond acceptors (Lipinski definition) is 2. The van der Waals surface area contributed by atoms with Gasteiger partial charge in [0.05, 0.1) is 6.61 Å². The van der Waals surface area contributed by atoms with Crippen LogP contribution in [-0.2, 0) is 11.2 Å². The zero-order valence-corrected chi connectivity index (χ0v) is 17.0. The Balaban J connectivity index is 1.85. The molecule has 0 fully saturated rings. The second kappa shape index (κ2) is 9.78. The lowest BCUT2D eigenvalue weighted by Gasteiger charge is -2.31.